The largest absolute Gasteiger partial charge is 0.298 e. The van der Waals surface area contributed by atoms with Gasteiger partial charge in [0, 0.05) is 22.0 Å². The number of aryl methyl sites for hydroxylation is 1. The van der Waals surface area contributed by atoms with Gasteiger partial charge in [-0.1, -0.05) is 23.7 Å². The molecule has 4 nitrogen and oxygen atoms in total. The predicted molar refractivity (Wildman–Crippen MR) is 105 cm³/mol. The number of rotatable bonds is 3. The fraction of sp³-hybridized carbons (Fsp3) is 0.0556. The van der Waals surface area contributed by atoms with Crippen LogP contribution >= 0.6 is 34.3 Å². The topological polar surface area (TPSA) is 54.9 Å². The van der Waals surface area contributed by atoms with Crippen LogP contribution in [0.2, 0.25) is 4.34 Å². The molecule has 3 aromatic heterocycles. The standard InChI is InChI=1S/C18H12ClN3OS2/c1-10-2-3-11-4-5-12(8-13(11)20-10)17(23)22-18-21-14(9-24-18)15-6-7-16(19)25-15/h2-9H,1H3,(H,21,22,23). The van der Waals surface area contributed by atoms with Gasteiger partial charge in [-0.25, -0.2) is 4.98 Å². The molecule has 0 atom stereocenters. The van der Waals surface area contributed by atoms with E-state index >= 15 is 0 Å². The SMILES string of the molecule is Cc1ccc2ccc(C(=O)Nc3nc(-c4ccc(Cl)s4)cs3)cc2n1. The molecule has 0 fully saturated rings. The molecule has 1 N–H and O–H groups in total. The van der Waals surface area contributed by atoms with Gasteiger partial charge in [0.05, 0.1) is 20.4 Å². The van der Waals surface area contributed by atoms with E-state index in [1.165, 1.54) is 22.7 Å². The minimum absolute atomic E-state index is 0.199. The van der Waals surface area contributed by atoms with Crippen LogP contribution < -0.4 is 5.32 Å². The van der Waals surface area contributed by atoms with E-state index in [2.05, 4.69) is 15.3 Å². The molecule has 0 spiro atoms. The molecule has 0 saturated carbocycles. The quantitative estimate of drug-likeness (QED) is 0.497. The van der Waals surface area contributed by atoms with Crippen molar-refractivity contribution >= 4 is 56.2 Å². The number of halogens is 1. The number of thiophene rings is 1. The summed E-state index contributed by atoms with van der Waals surface area (Å²) in [7, 11) is 0. The highest BCUT2D eigenvalue weighted by molar-refractivity contribution is 7.20. The van der Waals surface area contributed by atoms with Gasteiger partial charge in [0.1, 0.15) is 0 Å². The second kappa shape index (κ2) is 6.55. The molecule has 0 aliphatic carbocycles. The van der Waals surface area contributed by atoms with Gasteiger partial charge in [-0.05, 0) is 37.3 Å². The molecule has 0 aliphatic rings. The smallest absolute Gasteiger partial charge is 0.257 e. The van der Waals surface area contributed by atoms with Crippen LogP contribution in [0.25, 0.3) is 21.5 Å². The van der Waals surface area contributed by atoms with Crippen molar-refractivity contribution in [2.75, 3.05) is 5.32 Å². The first-order valence-electron chi connectivity index (χ1n) is 7.48. The Hall–Kier alpha value is -2.28. The van der Waals surface area contributed by atoms with Crippen LogP contribution in [0.5, 0.6) is 0 Å². The fourth-order valence-electron chi connectivity index (χ4n) is 2.43. The zero-order valence-electron chi connectivity index (χ0n) is 13.1. The Morgan fingerprint density at radius 2 is 1.96 bits per heavy atom. The minimum Gasteiger partial charge on any atom is -0.298 e. The summed E-state index contributed by atoms with van der Waals surface area (Å²) in [6, 6.07) is 13.2. The monoisotopic (exact) mass is 385 g/mol. The number of thiazole rings is 1. The van der Waals surface area contributed by atoms with Crippen molar-refractivity contribution in [2.45, 2.75) is 6.92 Å². The van der Waals surface area contributed by atoms with Crippen LogP contribution in [0.3, 0.4) is 0 Å². The van der Waals surface area contributed by atoms with Gasteiger partial charge in [-0.2, -0.15) is 0 Å². The first kappa shape index (κ1) is 16.2. The number of pyridine rings is 1. The fourth-order valence-corrected chi connectivity index (χ4v) is 4.21. The molecule has 124 valence electrons. The van der Waals surface area contributed by atoms with Crippen molar-refractivity contribution in [3.8, 4) is 10.6 Å². The molecule has 0 aliphatic heterocycles. The summed E-state index contributed by atoms with van der Waals surface area (Å²) in [4.78, 5) is 22.4. The minimum atomic E-state index is -0.199. The maximum Gasteiger partial charge on any atom is 0.257 e. The average molecular weight is 386 g/mol. The molecule has 7 heteroatoms. The maximum absolute atomic E-state index is 12.5. The van der Waals surface area contributed by atoms with Crippen molar-refractivity contribution in [3.05, 3.63) is 63.4 Å². The molecule has 25 heavy (non-hydrogen) atoms. The summed E-state index contributed by atoms with van der Waals surface area (Å²) in [6.45, 7) is 1.93. The van der Waals surface area contributed by atoms with Gasteiger partial charge in [-0.15, -0.1) is 22.7 Å². The van der Waals surface area contributed by atoms with Crippen LogP contribution in [0.4, 0.5) is 5.13 Å². The van der Waals surface area contributed by atoms with Gasteiger partial charge < -0.3 is 0 Å². The lowest BCUT2D eigenvalue weighted by atomic mass is 10.1. The van der Waals surface area contributed by atoms with Gasteiger partial charge in [0.2, 0.25) is 0 Å². The summed E-state index contributed by atoms with van der Waals surface area (Å²) in [5, 5.41) is 6.32. The Balaban J connectivity index is 1.57. The zero-order chi connectivity index (χ0) is 17.4. The number of hydrogen-bond acceptors (Lipinski definition) is 5. The first-order valence-corrected chi connectivity index (χ1v) is 9.56. The number of anilines is 1. The van der Waals surface area contributed by atoms with E-state index in [4.69, 9.17) is 11.6 Å². The summed E-state index contributed by atoms with van der Waals surface area (Å²) < 4.78 is 0.715. The Kier molecular flexibility index (Phi) is 4.25. The lowest BCUT2D eigenvalue weighted by Crippen LogP contribution is -2.11. The van der Waals surface area contributed by atoms with Gasteiger partial charge in [-0.3, -0.25) is 15.1 Å². The zero-order valence-corrected chi connectivity index (χ0v) is 15.5. The number of benzene rings is 1. The molecule has 4 rings (SSSR count). The normalized spacial score (nSPS) is 11.0. The summed E-state index contributed by atoms with van der Waals surface area (Å²) >= 11 is 8.81. The van der Waals surface area contributed by atoms with E-state index in [9.17, 15) is 4.79 Å². The molecule has 1 amide bonds. The molecule has 1 aromatic carbocycles. The van der Waals surface area contributed by atoms with E-state index < -0.39 is 0 Å². The van der Waals surface area contributed by atoms with Gasteiger partial charge in [0.25, 0.3) is 5.91 Å². The highest BCUT2D eigenvalue weighted by atomic mass is 35.5. The van der Waals surface area contributed by atoms with Crippen LogP contribution in [-0.4, -0.2) is 15.9 Å². The summed E-state index contributed by atoms with van der Waals surface area (Å²) in [6.07, 6.45) is 0. The van der Waals surface area contributed by atoms with E-state index in [0.717, 1.165) is 27.2 Å². The van der Waals surface area contributed by atoms with Crippen molar-refractivity contribution in [2.24, 2.45) is 0 Å². The number of hydrogen-bond donors (Lipinski definition) is 1. The number of amides is 1. The number of fused-ring (bicyclic) bond motifs is 1. The lowest BCUT2D eigenvalue weighted by Gasteiger charge is -2.04. The second-order valence-corrected chi connectivity index (χ2v) is 8.03. The number of nitrogens with one attached hydrogen (secondary N) is 1. The van der Waals surface area contributed by atoms with E-state index in [0.29, 0.717) is 15.0 Å². The third-order valence-electron chi connectivity index (χ3n) is 3.64. The molecule has 0 bridgehead atoms. The Morgan fingerprint density at radius 1 is 1.12 bits per heavy atom. The van der Waals surface area contributed by atoms with E-state index in [1.54, 1.807) is 12.1 Å². The third kappa shape index (κ3) is 3.42. The Labute approximate surface area is 157 Å². The summed E-state index contributed by atoms with van der Waals surface area (Å²) in [5.74, 6) is -0.199. The molecular formula is C18H12ClN3OS2. The second-order valence-electron chi connectivity index (χ2n) is 5.46. The molecular weight excluding hydrogens is 374 g/mol. The van der Waals surface area contributed by atoms with E-state index in [-0.39, 0.29) is 5.91 Å². The van der Waals surface area contributed by atoms with Gasteiger partial charge >= 0.3 is 0 Å². The number of carbonyl (C=O) groups is 1. The highest BCUT2D eigenvalue weighted by Crippen LogP contribution is 2.33. The van der Waals surface area contributed by atoms with Crippen LogP contribution in [0, 0.1) is 6.92 Å². The van der Waals surface area contributed by atoms with E-state index in [1.807, 2.05) is 42.6 Å². The third-order valence-corrected chi connectivity index (χ3v) is 5.66. The average Bonchev–Trinajstić information content (AvgIpc) is 3.23. The molecule has 4 aromatic rings. The molecule has 0 saturated heterocycles. The van der Waals surface area contributed by atoms with Gasteiger partial charge in [0.15, 0.2) is 5.13 Å². The van der Waals surface area contributed by atoms with Crippen LogP contribution in [-0.2, 0) is 0 Å². The first-order chi connectivity index (χ1) is 12.1. The highest BCUT2D eigenvalue weighted by Gasteiger charge is 2.12. The van der Waals surface area contributed by atoms with Crippen LogP contribution in [0.1, 0.15) is 16.1 Å². The lowest BCUT2D eigenvalue weighted by molar-refractivity contribution is 0.102. The number of carbonyl (C=O) groups excluding carboxylic acids is 1. The van der Waals surface area contributed by atoms with Crippen molar-refractivity contribution in [1.82, 2.24) is 9.97 Å². The molecule has 0 unspecified atom stereocenters. The predicted octanol–water partition coefficient (Wildman–Crippen LogP) is 5.63. The molecule has 3 heterocycles. The molecule has 0 radical (unpaired) electrons. The number of aromatic nitrogens is 2. The Morgan fingerprint density at radius 3 is 2.76 bits per heavy atom. The summed E-state index contributed by atoms with van der Waals surface area (Å²) in [5.41, 5.74) is 3.10. The van der Waals surface area contributed by atoms with Crippen molar-refractivity contribution < 1.29 is 4.79 Å². The maximum atomic E-state index is 12.5. The Bertz CT molecular complexity index is 1090. The number of nitrogens with zero attached hydrogens (tertiary/aromatic N) is 2. The van der Waals surface area contributed by atoms with Crippen molar-refractivity contribution in [1.29, 1.82) is 0 Å². The van der Waals surface area contributed by atoms with Crippen LogP contribution in [0.15, 0.2) is 47.8 Å². The van der Waals surface area contributed by atoms with Crippen molar-refractivity contribution in [3.63, 3.8) is 0 Å².